The average Bonchev–Trinajstić information content (AvgIpc) is 3.26. The lowest BCUT2D eigenvalue weighted by molar-refractivity contribution is -0.0629. The summed E-state index contributed by atoms with van der Waals surface area (Å²) < 4.78 is 117. The number of nitrogens with zero attached hydrogens (tertiary/aromatic N) is 5. The van der Waals surface area contributed by atoms with E-state index >= 15 is 0 Å². The number of fused-ring (bicyclic) bond motifs is 1. The third-order valence-electron chi connectivity index (χ3n) is 5.97. The van der Waals surface area contributed by atoms with Crippen LogP contribution in [0.2, 0.25) is 0 Å². The molecular formula is C24H31FN6O4S. The van der Waals surface area contributed by atoms with Crippen LogP contribution in [0, 0.1) is 12.7 Å². The van der Waals surface area contributed by atoms with E-state index in [-0.39, 0.29) is 39.7 Å². The molecule has 0 unspecified atom stereocenters. The number of ether oxygens (including phenoxy) is 1. The zero-order valence-corrected chi connectivity index (χ0v) is 19.9. The van der Waals surface area contributed by atoms with Gasteiger partial charge in [-0.3, -0.25) is 0 Å². The van der Waals surface area contributed by atoms with Gasteiger partial charge in [0.05, 0.1) is 34.9 Å². The van der Waals surface area contributed by atoms with Crippen molar-refractivity contribution in [1.29, 1.82) is 0 Å². The van der Waals surface area contributed by atoms with Gasteiger partial charge in [-0.1, -0.05) is 36.0 Å². The monoisotopic (exact) mass is 530 g/mol. The minimum atomic E-state index is -3.47. The van der Waals surface area contributed by atoms with E-state index in [1.807, 2.05) is 0 Å². The van der Waals surface area contributed by atoms with Crippen LogP contribution in [0.1, 0.15) is 65.7 Å². The first-order chi connectivity index (χ1) is 21.8. The van der Waals surface area contributed by atoms with Crippen LogP contribution in [0.5, 0.6) is 0 Å². The fraction of sp³-hybridized carbons (Fsp3) is 0.583. The fourth-order valence-electron chi connectivity index (χ4n) is 4.05. The van der Waals surface area contributed by atoms with E-state index < -0.39 is 91.9 Å². The van der Waals surface area contributed by atoms with E-state index in [9.17, 15) is 19.7 Å². The van der Waals surface area contributed by atoms with Gasteiger partial charge >= 0.3 is 0 Å². The summed E-state index contributed by atoms with van der Waals surface area (Å²) in [4.78, 5) is 8.55. The van der Waals surface area contributed by atoms with Gasteiger partial charge in [-0.2, -0.15) is 0 Å². The molecule has 2 fully saturated rings. The number of anilines is 1. The van der Waals surface area contributed by atoms with E-state index in [0.29, 0.717) is 11.8 Å². The molecule has 0 spiro atoms. The molecule has 194 valence electrons. The van der Waals surface area contributed by atoms with Crippen molar-refractivity contribution in [3.8, 4) is 0 Å². The largest absolute Gasteiger partial charge is 0.394 e. The van der Waals surface area contributed by atoms with Gasteiger partial charge in [0, 0.05) is 30.9 Å². The molecule has 6 atom stereocenters. The Labute approximate surface area is 229 Å². The van der Waals surface area contributed by atoms with Gasteiger partial charge in [0.25, 0.3) is 0 Å². The molecule has 0 amide bonds. The highest BCUT2D eigenvalue weighted by atomic mass is 32.2. The van der Waals surface area contributed by atoms with Crippen LogP contribution in [0.3, 0.4) is 0 Å². The zero-order chi connectivity index (χ0) is 36.1. The van der Waals surface area contributed by atoms with Gasteiger partial charge in [0.15, 0.2) is 22.1 Å². The van der Waals surface area contributed by atoms with Crippen LogP contribution in [-0.2, 0) is 4.74 Å². The number of rotatable bonds is 10. The first kappa shape index (κ1) is 14.5. The van der Waals surface area contributed by atoms with Crippen LogP contribution >= 0.6 is 11.8 Å². The third kappa shape index (κ3) is 4.92. The number of benzene rings is 1. The number of aromatic nitrogens is 5. The van der Waals surface area contributed by atoms with Crippen molar-refractivity contribution in [1.82, 2.24) is 25.0 Å². The summed E-state index contributed by atoms with van der Waals surface area (Å²) in [6.07, 6.45) is -7.94. The molecular weight excluding hydrogens is 487 g/mol. The summed E-state index contributed by atoms with van der Waals surface area (Å²) in [6, 6.07) is -3.85. The highest BCUT2D eigenvalue weighted by molar-refractivity contribution is 7.99. The van der Waals surface area contributed by atoms with Gasteiger partial charge < -0.3 is 25.4 Å². The number of nitrogens with one attached hydrogen (secondary N) is 1. The second-order valence-corrected chi connectivity index (χ2v) is 9.06. The van der Waals surface area contributed by atoms with Crippen LogP contribution < -0.4 is 5.32 Å². The molecule has 2 aromatic heterocycles. The number of hydrogen-bond acceptors (Lipinski definition) is 10. The lowest BCUT2D eigenvalue weighted by atomic mass is 10.1. The quantitative estimate of drug-likeness (QED) is 0.228. The molecule has 1 aromatic carbocycles. The van der Waals surface area contributed by atoms with Crippen molar-refractivity contribution in [3.63, 3.8) is 0 Å². The molecule has 0 saturated heterocycles. The van der Waals surface area contributed by atoms with Crippen LogP contribution in [0.25, 0.3) is 11.2 Å². The Balaban J connectivity index is 1.55. The normalized spacial score (nSPS) is 36.1. The molecule has 3 aromatic rings. The molecule has 2 saturated carbocycles. The van der Waals surface area contributed by atoms with Crippen molar-refractivity contribution >= 4 is 28.7 Å². The van der Waals surface area contributed by atoms with E-state index in [4.69, 9.17) is 21.2 Å². The summed E-state index contributed by atoms with van der Waals surface area (Å²) in [6.45, 7) is -4.51. The van der Waals surface area contributed by atoms with Crippen LogP contribution in [0.15, 0.2) is 23.3 Å². The maximum absolute atomic E-state index is 14.7. The molecule has 2 aliphatic carbocycles. The molecule has 12 heteroatoms. The molecule has 36 heavy (non-hydrogen) atoms. The van der Waals surface area contributed by atoms with E-state index in [0.717, 1.165) is 11.6 Å². The third-order valence-corrected chi connectivity index (χ3v) is 6.64. The SMILES string of the molecule is [2H]c1c([2H])c([C@]2([2H])C[C@H]2Nc2nc(SC([2H])([2H])C([2H])([2H])C)nc3c2nnn3[C@@H]2C[C@H](OC([2H])([2H])C([2H])([2H])O)[C@@H](O)[C@H]2O)c([2H])c(F)c1C. The van der Waals surface area contributed by atoms with Crippen LogP contribution in [0.4, 0.5) is 10.2 Å². The lowest BCUT2D eigenvalue weighted by Gasteiger charge is -2.17. The Morgan fingerprint density at radius 2 is 2.17 bits per heavy atom. The number of halogens is 1. The maximum Gasteiger partial charge on any atom is 0.191 e. The van der Waals surface area contributed by atoms with Gasteiger partial charge in [-0.25, -0.2) is 19.0 Å². The van der Waals surface area contributed by atoms with Crippen molar-refractivity contribution in [2.75, 3.05) is 24.1 Å². The Kier molecular flexibility index (Phi) is 4.25. The summed E-state index contributed by atoms with van der Waals surface area (Å²) in [5, 5.41) is 41.6. The predicted octanol–water partition coefficient (Wildman–Crippen LogP) is 2.18. The second kappa shape index (κ2) is 10.5. The molecule has 5 rings (SSSR count). The van der Waals surface area contributed by atoms with E-state index in [1.54, 1.807) is 0 Å². The Hall–Kier alpha value is -2.38. The molecule has 10 nitrogen and oxygen atoms in total. The molecule has 0 bridgehead atoms. The summed E-state index contributed by atoms with van der Waals surface area (Å²) in [7, 11) is 0. The molecule has 0 aliphatic heterocycles. The second-order valence-electron chi connectivity index (χ2n) is 8.28. The Morgan fingerprint density at radius 3 is 2.94 bits per heavy atom. The highest BCUT2D eigenvalue weighted by Gasteiger charge is 2.45. The number of aliphatic hydroxyl groups is 3. The minimum absolute atomic E-state index is 0.0694. The highest BCUT2D eigenvalue weighted by Crippen LogP contribution is 2.44. The topological polar surface area (TPSA) is 138 Å². The Bertz CT molecular complexity index is 1730. The molecule has 2 aliphatic rings. The number of aliphatic hydroxyl groups excluding tert-OH is 2. The van der Waals surface area contributed by atoms with Crippen molar-refractivity contribution < 1.29 is 40.9 Å². The van der Waals surface area contributed by atoms with Gasteiger partial charge in [-0.05, 0) is 36.9 Å². The van der Waals surface area contributed by atoms with Gasteiger partial charge in [0.2, 0.25) is 0 Å². The van der Waals surface area contributed by atoms with Crippen molar-refractivity contribution in [2.24, 2.45) is 0 Å². The van der Waals surface area contributed by atoms with Crippen molar-refractivity contribution in [3.05, 3.63) is 35.1 Å². The first-order valence-corrected chi connectivity index (χ1v) is 11.7. The summed E-state index contributed by atoms with van der Waals surface area (Å²) >= 11 is 0.294. The minimum Gasteiger partial charge on any atom is -0.394 e. The van der Waals surface area contributed by atoms with E-state index in [1.165, 1.54) is 6.92 Å². The predicted molar refractivity (Wildman–Crippen MR) is 133 cm³/mol. The van der Waals surface area contributed by atoms with Crippen molar-refractivity contribution in [2.45, 2.75) is 74.5 Å². The molecule has 4 N–H and O–H groups in total. The summed E-state index contributed by atoms with van der Waals surface area (Å²) in [5.74, 6) is -2.96. The first-order valence-electron chi connectivity index (χ1n) is 16.9. The fourth-order valence-corrected chi connectivity index (χ4v) is 4.51. The number of thioether (sulfide) groups is 1. The lowest BCUT2D eigenvalue weighted by Crippen LogP contribution is -2.33. The Morgan fingerprint density at radius 1 is 1.33 bits per heavy atom. The van der Waals surface area contributed by atoms with Gasteiger partial charge in [0.1, 0.15) is 18.0 Å². The molecule has 2 heterocycles. The number of hydrogen-bond donors (Lipinski definition) is 4. The standard InChI is InChI=1S/C24H31FN6O4S/c1-3-8-36-24-27-22(26-16-10-14(16)13-5-4-12(2)15(25)9-13)19-23(28-24)31(30-29-19)17-11-18(35-7-6-32)21(34)20(17)33/h4-5,9,14,16-18,20-21,32-34H,3,6-8,10-11H2,1-2H3,(H,26,27,28)/t14-,16+,17+,18-,20-,21+/m0/s1/i3D2,4D,5D,6D2,7D2,8D2,9D,14D. The van der Waals surface area contributed by atoms with Crippen LogP contribution in [-0.4, -0.2) is 83.5 Å². The average molecular weight is 531 g/mol. The zero-order valence-electron chi connectivity index (χ0n) is 31.1. The summed E-state index contributed by atoms with van der Waals surface area (Å²) in [5.41, 5.74) is -3.44. The molecule has 0 radical (unpaired) electrons. The smallest absolute Gasteiger partial charge is 0.191 e. The maximum atomic E-state index is 14.7. The van der Waals surface area contributed by atoms with Gasteiger partial charge in [-0.15, -0.1) is 5.10 Å². The van der Waals surface area contributed by atoms with E-state index in [2.05, 4.69) is 25.6 Å².